The van der Waals surface area contributed by atoms with E-state index in [2.05, 4.69) is 20.9 Å². The maximum absolute atomic E-state index is 13.4. The van der Waals surface area contributed by atoms with Gasteiger partial charge in [0.05, 0.1) is 5.52 Å². The normalized spacial score (nSPS) is 20.5. The van der Waals surface area contributed by atoms with Crippen LogP contribution in [0.3, 0.4) is 0 Å². The first-order valence-electron chi connectivity index (χ1n) is 8.81. The van der Waals surface area contributed by atoms with Crippen LogP contribution in [0.4, 0.5) is 10.1 Å². The lowest BCUT2D eigenvalue weighted by Crippen LogP contribution is -2.38. The molecule has 0 amide bonds. The number of hydrogen-bond donors (Lipinski definition) is 0. The van der Waals surface area contributed by atoms with E-state index in [0.29, 0.717) is 0 Å². The topological polar surface area (TPSA) is 19.4 Å². The van der Waals surface area contributed by atoms with Crippen LogP contribution in [-0.4, -0.2) is 42.6 Å². The number of anilines is 1. The van der Waals surface area contributed by atoms with Crippen molar-refractivity contribution in [3.05, 3.63) is 36.3 Å². The molecule has 2 aromatic rings. The summed E-state index contributed by atoms with van der Waals surface area (Å²) in [4.78, 5) is 9.38. The zero-order valence-corrected chi connectivity index (χ0v) is 13.5. The van der Waals surface area contributed by atoms with Gasteiger partial charge < -0.3 is 9.80 Å². The molecule has 0 N–H and O–H groups in total. The number of aromatic nitrogens is 1. The Morgan fingerprint density at radius 3 is 2.61 bits per heavy atom. The average Bonchev–Trinajstić information content (AvgIpc) is 3.08. The smallest absolute Gasteiger partial charge is 0.125 e. The third-order valence-electron chi connectivity index (χ3n) is 5.35. The Hall–Kier alpha value is -1.68. The molecule has 0 spiro atoms. The van der Waals surface area contributed by atoms with E-state index in [-0.39, 0.29) is 5.82 Å². The maximum atomic E-state index is 13.4. The highest BCUT2D eigenvalue weighted by atomic mass is 19.1. The first kappa shape index (κ1) is 14.9. The van der Waals surface area contributed by atoms with Gasteiger partial charge in [-0.25, -0.2) is 4.39 Å². The van der Waals surface area contributed by atoms with Crippen LogP contribution in [0.25, 0.3) is 10.9 Å². The van der Waals surface area contributed by atoms with Gasteiger partial charge in [0.2, 0.25) is 0 Å². The second-order valence-corrected chi connectivity index (χ2v) is 6.93. The molecule has 0 atom stereocenters. The zero-order chi connectivity index (χ0) is 15.6. The highest BCUT2D eigenvalue weighted by molar-refractivity contribution is 5.91. The first-order chi connectivity index (χ1) is 11.3. The van der Waals surface area contributed by atoms with Crippen LogP contribution in [0.15, 0.2) is 30.5 Å². The van der Waals surface area contributed by atoms with Gasteiger partial charge in [0.25, 0.3) is 0 Å². The minimum absolute atomic E-state index is 0.216. The van der Waals surface area contributed by atoms with Gasteiger partial charge in [-0.1, -0.05) is 0 Å². The van der Waals surface area contributed by atoms with E-state index in [4.69, 9.17) is 0 Å². The van der Waals surface area contributed by atoms with E-state index in [9.17, 15) is 4.39 Å². The molecule has 2 fully saturated rings. The van der Waals surface area contributed by atoms with Gasteiger partial charge in [-0.3, -0.25) is 4.98 Å². The van der Waals surface area contributed by atoms with Crippen LogP contribution in [0.2, 0.25) is 0 Å². The van der Waals surface area contributed by atoms with Gasteiger partial charge in [0.1, 0.15) is 5.82 Å². The Kier molecular flexibility index (Phi) is 4.17. The van der Waals surface area contributed by atoms with Crippen molar-refractivity contribution in [1.82, 2.24) is 9.88 Å². The highest BCUT2D eigenvalue weighted by Gasteiger charge is 2.23. The zero-order valence-electron chi connectivity index (χ0n) is 13.5. The second-order valence-electron chi connectivity index (χ2n) is 6.93. The quantitative estimate of drug-likeness (QED) is 0.861. The van der Waals surface area contributed by atoms with Gasteiger partial charge in [0, 0.05) is 43.0 Å². The molecule has 0 saturated carbocycles. The fraction of sp³-hybridized carbons (Fsp3) is 0.526. The van der Waals surface area contributed by atoms with Crippen molar-refractivity contribution in [3.63, 3.8) is 0 Å². The monoisotopic (exact) mass is 313 g/mol. The lowest BCUT2D eigenvalue weighted by atomic mass is 9.95. The molecule has 4 rings (SSSR count). The molecular weight excluding hydrogens is 289 g/mol. The third-order valence-corrected chi connectivity index (χ3v) is 5.35. The molecule has 0 bridgehead atoms. The second kappa shape index (κ2) is 6.44. The van der Waals surface area contributed by atoms with E-state index in [0.717, 1.165) is 29.9 Å². The number of piperidine rings is 1. The molecule has 1 aromatic heterocycles. The largest absolute Gasteiger partial charge is 0.371 e. The number of fused-ring (bicyclic) bond motifs is 1. The molecule has 23 heavy (non-hydrogen) atoms. The lowest BCUT2D eigenvalue weighted by Gasteiger charge is -2.35. The van der Waals surface area contributed by atoms with Crippen LogP contribution in [-0.2, 0) is 0 Å². The summed E-state index contributed by atoms with van der Waals surface area (Å²) in [5.74, 6) is 0.612. The van der Waals surface area contributed by atoms with E-state index in [1.807, 2.05) is 6.07 Å². The van der Waals surface area contributed by atoms with Crippen molar-refractivity contribution in [3.8, 4) is 0 Å². The maximum Gasteiger partial charge on any atom is 0.125 e. The number of rotatable bonds is 3. The molecule has 1 aromatic carbocycles. The van der Waals surface area contributed by atoms with E-state index >= 15 is 0 Å². The number of pyridine rings is 1. The van der Waals surface area contributed by atoms with Crippen molar-refractivity contribution in [2.75, 3.05) is 37.6 Å². The summed E-state index contributed by atoms with van der Waals surface area (Å²) in [6.45, 7) is 6.04. The number of hydrogen-bond acceptors (Lipinski definition) is 3. The van der Waals surface area contributed by atoms with Crippen LogP contribution >= 0.6 is 0 Å². The SMILES string of the molecule is Fc1ccc2c(N3CCC(CN4CCCC4)CC3)ccnc2c1. The number of likely N-dealkylation sites (tertiary alicyclic amines) is 1. The van der Waals surface area contributed by atoms with Gasteiger partial charge in [-0.15, -0.1) is 0 Å². The van der Waals surface area contributed by atoms with Crippen molar-refractivity contribution in [2.24, 2.45) is 5.92 Å². The predicted molar refractivity (Wildman–Crippen MR) is 92.3 cm³/mol. The summed E-state index contributed by atoms with van der Waals surface area (Å²) >= 11 is 0. The molecule has 2 saturated heterocycles. The molecule has 4 heteroatoms. The van der Waals surface area contributed by atoms with Crippen molar-refractivity contribution in [1.29, 1.82) is 0 Å². The average molecular weight is 313 g/mol. The Bertz CT molecular complexity index is 673. The fourth-order valence-corrected chi connectivity index (χ4v) is 4.07. The molecular formula is C19H24FN3. The molecule has 0 aliphatic carbocycles. The van der Waals surface area contributed by atoms with E-state index < -0.39 is 0 Å². The fourth-order valence-electron chi connectivity index (χ4n) is 4.07. The van der Waals surface area contributed by atoms with E-state index in [1.54, 1.807) is 6.20 Å². The minimum atomic E-state index is -0.216. The number of halogens is 1. The van der Waals surface area contributed by atoms with Gasteiger partial charge >= 0.3 is 0 Å². The Morgan fingerprint density at radius 1 is 1.04 bits per heavy atom. The Balaban J connectivity index is 1.46. The molecule has 0 radical (unpaired) electrons. The van der Waals surface area contributed by atoms with Gasteiger partial charge in [0.15, 0.2) is 0 Å². The molecule has 122 valence electrons. The Labute approximate surface area is 137 Å². The summed E-state index contributed by atoms with van der Waals surface area (Å²) in [5, 5.41) is 1.06. The van der Waals surface area contributed by atoms with Gasteiger partial charge in [-0.2, -0.15) is 0 Å². The molecule has 3 heterocycles. The highest BCUT2D eigenvalue weighted by Crippen LogP contribution is 2.30. The molecule has 2 aliphatic heterocycles. The van der Waals surface area contributed by atoms with Crippen molar-refractivity contribution in [2.45, 2.75) is 25.7 Å². The molecule has 2 aliphatic rings. The third kappa shape index (κ3) is 3.18. The summed E-state index contributed by atoms with van der Waals surface area (Å²) in [6, 6.07) is 7.00. The summed E-state index contributed by atoms with van der Waals surface area (Å²) in [7, 11) is 0. The standard InChI is InChI=1S/C19H24FN3/c20-16-3-4-17-18(13-16)21-8-5-19(17)23-11-6-15(7-12-23)14-22-9-1-2-10-22/h3-5,8,13,15H,1-2,6-7,9-12,14H2. The molecule has 0 unspecified atom stereocenters. The molecule has 3 nitrogen and oxygen atoms in total. The van der Waals surface area contributed by atoms with Gasteiger partial charge in [-0.05, 0) is 62.9 Å². The van der Waals surface area contributed by atoms with Crippen LogP contribution < -0.4 is 4.90 Å². The predicted octanol–water partition coefficient (Wildman–Crippen LogP) is 3.69. The van der Waals surface area contributed by atoms with Crippen LogP contribution in [0.5, 0.6) is 0 Å². The summed E-state index contributed by atoms with van der Waals surface area (Å²) < 4.78 is 13.4. The number of benzene rings is 1. The van der Waals surface area contributed by atoms with Crippen LogP contribution in [0.1, 0.15) is 25.7 Å². The summed E-state index contributed by atoms with van der Waals surface area (Å²) in [5.41, 5.74) is 1.95. The summed E-state index contributed by atoms with van der Waals surface area (Å²) in [6.07, 6.45) is 7.05. The Morgan fingerprint density at radius 2 is 1.83 bits per heavy atom. The van der Waals surface area contributed by atoms with Crippen molar-refractivity contribution >= 4 is 16.6 Å². The van der Waals surface area contributed by atoms with E-state index in [1.165, 1.54) is 63.1 Å². The van der Waals surface area contributed by atoms with Crippen molar-refractivity contribution < 1.29 is 4.39 Å². The minimum Gasteiger partial charge on any atom is -0.371 e. The first-order valence-corrected chi connectivity index (χ1v) is 8.81. The number of nitrogens with zero attached hydrogens (tertiary/aromatic N) is 3. The lowest BCUT2D eigenvalue weighted by molar-refractivity contribution is 0.249. The van der Waals surface area contributed by atoms with Crippen LogP contribution in [0, 0.1) is 11.7 Å².